The predicted octanol–water partition coefficient (Wildman–Crippen LogP) is 3.13. The van der Waals surface area contributed by atoms with Crippen molar-refractivity contribution in [3.63, 3.8) is 0 Å². The number of pyridine rings is 1. The Bertz CT molecular complexity index is 1050. The lowest BCUT2D eigenvalue weighted by Gasteiger charge is -2.07. The molecule has 4 aromatic rings. The van der Waals surface area contributed by atoms with Crippen LogP contribution in [0.2, 0.25) is 0 Å². The van der Waals surface area contributed by atoms with Crippen LogP contribution >= 0.6 is 0 Å². The first kappa shape index (κ1) is 16.3. The van der Waals surface area contributed by atoms with Gasteiger partial charge in [-0.2, -0.15) is 0 Å². The van der Waals surface area contributed by atoms with Crippen LogP contribution in [0.4, 0.5) is 0 Å². The lowest BCUT2D eigenvalue weighted by molar-refractivity contribution is 0.0953. The van der Waals surface area contributed by atoms with E-state index in [1.165, 1.54) is 0 Å². The molecule has 3 aromatic heterocycles. The van der Waals surface area contributed by atoms with Crippen LogP contribution in [0.5, 0.6) is 0 Å². The molecule has 4 rings (SSSR count). The molecule has 0 unspecified atom stereocenters. The van der Waals surface area contributed by atoms with Gasteiger partial charge < -0.3 is 14.3 Å². The maximum atomic E-state index is 12.4. The van der Waals surface area contributed by atoms with Crippen molar-refractivity contribution in [1.29, 1.82) is 0 Å². The Morgan fingerprint density at radius 2 is 2.08 bits per heavy atom. The highest BCUT2D eigenvalue weighted by Crippen LogP contribution is 2.17. The third-order valence-electron chi connectivity index (χ3n) is 4.19. The fraction of sp³-hybridized carbons (Fsp3) is 0.263. The molecule has 0 radical (unpaired) electrons. The van der Waals surface area contributed by atoms with Crippen molar-refractivity contribution in [2.75, 3.05) is 6.54 Å². The van der Waals surface area contributed by atoms with Gasteiger partial charge in [-0.3, -0.25) is 4.79 Å². The molecule has 0 aliphatic rings. The molecule has 3 heterocycles. The van der Waals surface area contributed by atoms with E-state index in [4.69, 9.17) is 4.42 Å². The minimum atomic E-state index is -0.186. The number of para-hydroxylation sites is 2. The van der Waals surface area contributed by atoms with Gasteiger partial charge in [0.05, 0.1) is 11.9 Å². The monoisotopic (exact) mass is 349 g/mol. The zero-order valence-electron chi connectivity index (χ0n) is 14.6. The summed E-state index contributed by atoms with van der Waals surface area (Å²) in [6.07, 6.45) is 3.85. The molecular formula is C19H19N5O2. The van der Waals surface area contributed by atoms with Crippen LogP contribution in [-0.2, 0) is 6.42 Å². The van der Waals surface area contributed by atoms with Crippen molar-refractivity contribution in [3.8, 4) is 0 Å². The first-order valence-electron chi connectivity index (χ1n) is 8.57. The molecular weight excluding hydrogens is 330 g/mol. The molecule has 1 N–H and O–H groups in total. The summed E-state index contributed by atoms with van der Waals surface area (Å²) in [6.45, 7) is 4.56. The Balaban J connectivity index is 1.42. The van der Waals surface area contributed by atoms with Gasteiger partial charge in [0.15, 0.2) is 17.1 Å². The predicted molar refractivity (Wildman–Crippen MR) is 98.0 cm³/mol. The molecule has 0 fully saturated rings. The van der Waals surface area contributed by atoms with E-state index in [-0.39, 0.29) is 11.9 Å². The summed E-state index contributed by atoms with van der Waals surface area (Å²) in [7, 11) is 0. The number of aromatic nitrogens is 4. The second-order valence-electron chi connectivity index (χ2n) is 6.39. The number of fused-ring (bicyclic) bond motifs is 2. The number of rotatable bonds is 5. The van der Waals surface area contributed by atoms with Crippen LogP contribution in [0.25, 0.3) is 22.3 Å². The van der Waals surface area contributed by atoms with Crippen LogP contribution in [-0.4, -0.2) is 32.0 Å². The number of nitrogens with one attached hydrogen (secondary N) is 1. The van der Waals surface area contributed by atoms with E-state index in [2.05, 4.69) is 34.1 Å². The molecule has 0 aliphatic heterocycles. The van der Waals surface area contributed by atoms with Crippen LogP contribution in [0, 0.1) is 0 Å². The smallest absolute Gasteiger partial charge is 0.252 e. The largest absolute Gasteiger partial charge is 0.441 e. The first-order chi connectivity index (χ1) is 12.6. The molecule has 0 atom stereocenters. The molecule has 0 saturated carbocycles. The standard InChI is InChI=1S/C19H19N5O2/c1-12(2)24-11-22-15-9-13(10-21-18(15)24)19(25)20-8-7-17-23-14-5-3-4-6-16(14)26-17/h3-6,9-12H,7-8H2,1-2H3,(H,20,25). The van der Waals surface area contributed by atoms with Crippen molar-refractivity contribution in [2.45, 2.75) is 26.3 Å². The molecule has 132 valence electrons. The lowest BCUT2D eigenvalue weighted by atomic mass is 10.2. The van der Waals surface area contributed by atoms with Crippen LogP contribution in [0.1, 0.15) is 36.1 Å². The second-order valence-corrected chi connectivity index (χ2v) is 6.39. The number of imidazole rings is 1. The Morgan fingerprint density at radius 3 is 2.88 bits per heavy atom. The van der Waals surface area contributed by atoms with Crippen LogP contribution in [0.3, 0.4) is 0 Å². The lowest BCUT2D eigenvalue weighted by Crippen LogP contribution is -2.25. The highest BCUT2D eigenvalue weighted by Gasteiger charge is 2.12. The van der Waals surface area contributed by atoms with Crippen molar-refractivity contribution < 1.29 is 9.21 Å². The number of benzene rings is 1. The van der Waals surface area contributed by atoms with E-state index in [0.29, 0.717) is 29.9 Å². The molecule has 0 aliphatic carbocycles. The summed E-state index contributed by atoms with van der Waals surface area (Å²) in [5.41, 5.74) is 3.56. The van der Waals surface area contributed by atoms with Gasteiger partial charge in [-0.05, 0) is 32.0 Å². The molecule has 7 nitrogen and oxygen atoms in total. The second kappa shape index (κ2) is 6.59. The summed E-state index contributed by atoms with van der Waals surface area (Å²) in [5, 5.41) is 2.87. The van der Waals surface area contributed by atoms with E-state index in [1.54, 1.807) is 18.6 Å². The van der Waals surface area contributed by atoms with Gasteiger partial charge in [-0.15, -0.1) is 0 Å². The third kappa shape index (κ3) is 3.03. The molecule has 0 spiro atoms. The molecule has 0 bridgehead atoms. The molecule has 7 heteroatoms. The quantitative estimate of drug-likeness (QED) is 0.598. The number of hydrogen-bond donors (Lipinski definition) is 1. The van der Waals surface area contributed by atoms with Crippen molar-refractivity contribution >= 4 is 28.2 Å². The summed E-state index contributed by atoms with van der Waals surface area (Å²) in [6, 6.07) is 9.63. The van der Waals surface area contributed by atoms with Crippen LogP contribution < -0.4 is 5.32 Å². The number of carbonyl (C=O) groups is 1. The van der Waals surface area contributed by atoms with Crippen LogP contribution in [0.15, 0.2) is 47.3 Å². The van der Waals surface area contributed by atoms with Crippen molar-refractivity contribution in [2.24, 2.45) is 0 Å². The topological polar surface area (TPSA) is 85.8 Å². The Labute approximate surface area is 150 Å². The maximum absolute atomic E-state index is 12.4. The molecule has 1 aromatic carbocycles. The maximum Gasteiger partial charge on any atom is 0.252 e. The van der Waals surface area contributed by atoms with Gasteiger partial charge >= 0.3 is 0 Å². The minimum absolute atomic E-state index is 0.186. The third-order valence-corrected chi connectivity index (χ3v) is 4.19. The van der Waals surface area contributed by atoms with E-state index in [1.807, 2.05) is 28.8 Å². The zero-order chi connectivity index (χ0) is 18.1. The van der Waals surface area contributed by atoms with Gasteiger partial charge in [0.1, 0.15) is 11.0 Å². The van der Waals surface area contributed by atoms with Crippen molar-refractivity contribution in [3.05, 3.63) is 54.3 Å². The zero-order valence-corrected chi connectivity index (χ0v) is 14.6. The minimum Gasteiger partial charge on any atom is -0.441 e. The highest BCUT2D eigenvalue weighted by molar-refractivity contribution is 5.96. The summed E-state index contributed by atoms with van der Waals surface area (Å²) < 4.78 is 7.63. The number of hydrogen-bond acceptors (Lipinski definition) is 5. The molecule has 26 heavy (non-hydrogen) atoms. The normalized spacial score (nSPS) is 11.5. The molecule has 0 saturated heterocycles. The average molecular weight is 349 g/mol. The van der Waals surface area contributed by atoms with Crippen molar-refractivity contribution in [1.82, 2.24) is 24.8 Å². The number of nitrogens with zero attached hydrogens (tertiary/aromatic N) is 4. The van der Waals surface area contributed by atoms with E-state index in [0.717, 1.165) is 16.7 Å². The summed E-state index contributed by atoms with van der Waals surface area (Å²) in [5.74, 6) is 0.422. The van der Waals surface area contributed by atoms with Gasteiger partial charge in [-0.1, -0.05) is 12.1 Å². The van der Waals surface area contributed by atoms with Gasteiger partial charge in [0, 0.05) is 25.2 Å². The SMILES string of the molecule is CC(C)n1cnc2cc(C(=O)NCCc3nc4ccccc4o3)cnc21. The molecule has 1 amide bonds. The van der Waals surface area contributed by atoms with E-state index < -0.39 is 0 Å². The van der Waals surface area contributed by atoms with E-state index >= 15 is 0 Å². The summed E-state index contributed by atoms with van der Waals surface area (Å²) >= 11 is 0. The number of carbonyl (C=O) groups excluding carboxylic acids is 1. The summed E-state index contributed by atoms with van der Waals surface area (Å²) in [4.78, 5) is 25.5. The number of oxazole rings is 1. The number of amides is 1. The van der Waals surface area contributed by atoms with E-state index in [9.17, 15) is 4.79 Å². The Hall–Kier alpha value is -3.22. The van der Waals surface area contributed by atoms with Gasteiger partial charge in [-0.25, -0.2) is 15.0 Å². The fourth-order valence-electron chi connectivity index (χ4n) is 2.83. The first-order valence-corrected chi connectivity index (χ1v) is 8.57. The Kier molecular flexibility index (Phi) is 4.12. The average Bonchev–Trinajstić information content (AvgIpc) is 3.24. The Morgan fingerprint density at radius 1 is 1.23 bits per heavy atom. The fourth-order valence-corrected chi connectivity index (χ4v) is 2.83. The highest BCUT2D eigenvalue weighted by atomic mass is 16.3. The van der Waals surface area contributed by atoms with Gasteiger partial charge in [0.25, 0.3) is 5.91 Å². The van der Waals surface area contributed by atoms with Gasteiger partial charge in [0.2, 0.25) is 0 Å².